The van der Waals surface area contributed by atoms with Crippen molar-refractivity contribution in [1.82, 2.24) is 25.9 Å². The van der Waals surface area contributed by atoms with E-state index in [0.29, 0.717) is 16.9 Å². The van der Waals surface area contributed by atoms with Crippen molar-refractivity contribution in [3.8, 4) is 0 Å². The molecule has 0 saturated heterocycles. The summed E-state index contributed by atoms with van der Waals surface area (Å²) in [6.07, 6.45) is -1.40. The van der Waals surface area contributed by atoms with Gasteiger partial charge in [-0.05, 0) is 42.0 Å². The van der Waals surface area contributed by atoms with Gasteiger partial charge in [0.2, 0.25) is 12.2 Å². The Morgan fingerprint density at radius 1 is 0.976 bits per heavy atom. The largest absolute Gasteiger partial charge is 0.481 e. The fourth-order valence-electron chi connectivity index (χ4n) is 3.10. The van der Waals surface area contributed by atoms with Crippen LogP contribution in [0.25, 0.3) is 0 Å². The summed E-state index contributed by atoms with van der Waals surface area (Å²) in [5.74, 6) is -2.18. The highest BCUT2D eigenvalue weighted by atomic mass is 19.4. The molecule has 15 heteroatoms. The number of pyridine rings is 2. The second-order valence-electron chi connectivity index (χ2n) is 8.06. The van der Waals surface area contributed by atoms with Gasteiger partial charge in [-0.3, -0.25) is 29.1 Å². The van der Waals surface area contributed by atoms with Crippen molar-refractivity contribution in [2.75, 3.05) is 11.9 Å². The maximum Gasteiger partial charge on any atom is 0.446 e. The number of anilines is 1. The molecule has 0 aliphatic carbocycles. The Bertz CT molecular complexity index is 1330. The Hall–Kier alpha value is -5.34. The van der Waals surface area contributed by atoms with E-state index in [1.807, 2.05) is 6.07 Å². The third-order valence-electron chi connectivity index (χ3n) is 4.88. The van der Waals surface area contributed by atoms with Crippen LogP contribution >= 0.6 is 0 Å². The molecule has 2 heterocycles. The number of alkyl halides is 3. The minimum atomic E-state index is -4.64. The number of nitrogens with zero attached hydrogens (tertiary/aromatic N) is 2. The predicted molar refractivity (Wildman–Crippen MR) is 138 cm³/mol. The molecule has 2 aromatic heterocycles. The van der Waals surface area contributed by atoms with E-state index < -0.39 is 42.3 Å². The molecular formula is C26H25F3N6O6. The van der Waals surface area contributed by atoms with E-state index in [0.717, 1.165) is 0 Å². The van der Waals surface area contributed by atoms with Crippen LogP contribution in [-0.2, 0) is 20.9 Å². The summed E-state index contributed by atoms with van der Waals surface area (Å²) in [5, 5.41) is 19.5. The zero-order chi connectivity index (χ0) is 30.3. The topological polar surface area (TPSA) is 179 Å². The minimum Gasteiger partial charge on any atom is -0.481 e. The van der Waals surface area contributed by atoms with Gasteiger partial charge in [0.25, 0.3) is 5.91 Å². The number of carboxylic acids is 1. The third kappa shape index (κ3) is 12.8. The van der Waals surface area contributed by atoms with Crippen LogP contribution in [0.3, 0.4) is 0 Å². The number of amides is 4. The molecule has 0 bridgehead atoms. The number of urea groups is 1. The number of carbonyl (C=O) groups is 5. The molecule has 1 atom stereocenters. The van der Waals surface area contributed by atoms with Crippen molar-refractivity contribution in [1.29, 1.82) is 0 Å². The smallest absolute Gasteiger partial charge is 0.446 e. The fraction of sp³-hybridized carbons (Fsp3) is 0.192. The average molecular weight is 575 g/mol. The van der Waals surface area contributed by atoms with Crippen LogP contribution in [-0.4, -0.2) is 57.9 Å². The number of nitrogens with one attached hydrogen (secondary N) is 4. The fourth-order valence-corrected chi connectivity index (χ4v) is 3.10. The number of hydrogen-bond acceptors (Lipinski definition) is 7. The van der Waals surface area contributed by atoms with Crippen LogP contribution in [0.4, 0.5) is 23.7 Å². The number of aliphatic carboxylic acids is 1. The van der Waals surface area contributed by atoms with Gasteiger partial charge in [0.1, 0.15) is 0 Å². The Morgan fingerprint density at radius 3 is 2.34 bits per heavy atom. The molecule has 0 aliphatic rings. The van der Waals surface area contributed by atoms with Crippen molar-refractivity contribution in [2.24, 2.45) is 0 Å². The first-order valence-electron chi connectivity index (χ1n) is 11.7. The average Bonchev–Trinajstić information content (AvgIpc) is 2.95. The first kappa shape index (κ1) is 31.9. The second-order valence-corrected chi connectivity index (χ2v) is 8.06. The van der Waals surface area contributed by atoms with Crippen molar-refractivity contribution in [3.05, 3.63) is 90.0 Å². The van der Waals surface area contributed by atoms with Gasteiger partial charge in [-0.15, -0.1) is 0 Å². The van der Waals surface area contributed by atoms with Crippen LogP contribution in [0, 0.1) is 0 Å². The highest BCUT2D eigenvalue weighted by molar-refractivity contribution is 5.98. The lowest BCUT2D eigenvalue weighted by Gasteiger charge is -2.17. The monoisotopic (exact) mass is 574 g/mol. The first-order chi connectivity index (χ1) is 19.5. The van der Waals surface area contributed by atoms with Gasteiger partial charge in [-0.2, -0.15) is 13.2 Å². The molecule has 0 saturated carbocycles. The summed E-state index contributed by atoms with van der Waals surface area (Å²) in [6, 6.07) is 13.6. The van der Waals surface area contributed by atoms with Crippen molar-refractivity contribution in [2.45, 2.75) is 25.2 Å². The van der Waals surface area contributed by atoms with Gasteiger partial charge >= 0.3 is 18.2 Å². The molecule has 216 valence electrons. The predicted octanol–water partition coefficient (Wildman–Crippen LogP) is 2.61. The number of benzene rings is 1. The maximum absolute atomic E-state index is 12.5. The molecule has 0 spiro atoms. The zero-order valence-corrected chi connectivity index (χ0v) is 21.2. The zero-order valence-electron chi connectivity index (χ0n) is 21.2. The molecule has 12 nitrogen and oxygen atoms in total. The van der Waals surface area contributed by atoms with Gasteiger partial charge in [0.15, 0.2) is 0 Å². The van der Waals surface area contributed by atoms with Gasteiger partial charge < -0.3 is 26.4 Å². The van der Waals surface area contributed by atoms with Crippen molar-refractivity contribution < 1.29 is 42.3 Å². The Morgan fingerprint density at radius 2 is 1.73 bits per heavy atom. The van der Waals surface area contributed by atoms with Crippen LogP contribution in [0.15, 0.2) is 73.2 Å². The molecule has 0 fully saturated rings. The number of carbonyl (C=O) groups excluding carboxylic acids is 4. The van der Waals surface area contributed by atoms with Crippen molar-refractivity contribution >= 4 is 35.8 Å². The van der Waals surface area contributed by atoms with Gasteiger partial charge in [0.05, 0.1) is 31.2 Å². The van der Waals surface area contributed by atoms with E-state index in [-0.39, 0.29) is 25.1 Å². The van der Waals surface area contributed by atoms with E-state index in [9.17, 15) is 32.3 Å². The van der Waals surface area contributed by atoms with E-state index >= 15 is 0 Å². The summed E-state index contributed by atoms with van der Waals surface area (Å²) in [6.45, 7) is -0.124. The molecule has 1 unspecified atom stereocenters. The van der Waals surface area contributed by atoms with Crippen LogP contribution in [0.1, 0.15) is 34.1 Å². The quantitative estimate of drug-likeness (QED) is 0.229. The van der Waals surface area contributed by atoms with E-state index in [1.54, 1.807) is 42.6 Å². The molecule has 41 heavy (non-hydrogen) atoms. The SMILES string of the molecule is O=C(O)CC(NC(=O)CNC(=O)c1cccc(NC(=O)NCc2ccccn2)c1)c1cccnc1.O=CC(F)(F)F. The lowest BCUT2D eigenvalue weighted by molar-refractivity contribution is -0.156. The van der Waals surface area contributed by atoms with Gasteiger partial charge in [-0.1, -0.05) is 18.2 Å². The lowest BCUT2D eigenvalue weighted by atomic mass is 10.1. The van der Waals surface area contributed by atoms with Crippen molar-refractivity contribution in [3.63, 3.8) is 0 Å². The van der Waals surface area contributed by atoms with E-state index in [2.05, 4.69) is 31.2 Å². The molecule has 3 aromatic rings. The Balaban J connectivity index is 0.000000883. The number of hydrogen-bond donors (Lipinski definition) is 5. The number of rotatable bonds is 10. The first-order valence-corrected chi connectivity index (χ1v) is 11.7. The number of aromatic nitrogens is 2. The lowest BCUT2D eigenvalue weighted by Crippen LogP contribution is -2.39. The molecule has 0 aliphatic heterocycles. The Kier molecular flexibility index (Phi) is 12.4. The van der Waals surface area contributed by atoms with Crippen LogP contribution in [0.2, 0.25) is 0 Å². The number of aldehydes is 1. The molecule has 0 radical (unpaired) electrons. The highest BCUT2D eigenvalue weighted by Gasteiger charge is 2.25. The molecule has 3 rings (SSSR count). The van der Waals surface area contributed by atoms with Crippen LogP contribution in [0.5, 0.6) is 0 Å². The summed E-state index contributed by atoms with van der Waals surface area (Å²) in [5.41, 5.74) is 1.85. The summed E-state index contributed by atoms with van der Waals surface area (Å²) < 4.78 is 31.2. The number of halogens is 3. The summed E-state index contributed by atoms with van der Waals surface area (Å²) in [4.78, 5) is 64.9. The standard InChI is InChI=1S/C24H24N6O5.C2HF3O/c31-21(30-20(12-22(32)33)17-6-4-9-25-13-17)15-27-23(34)16-5-3-8-18(11-16)29-24(35)28-14-19-7-1-2-10-26-19;3-2(4,5)1-6/h1-11,13,20H,12,14-15H2,(H,27,34)(H,30,31)(H,32,33)(H2,28,29,35);1H. The highest BCUT2D eigenvalue weighted by Crippen LogP contribution is 2.15. The van der Waals surface area contributed by atoms with E-state index in [1.165, 1.54) is 24.5 Å². The van der Waals surface area contributed by atoms with Gasteiger partial charge in [-0.25, -0.2) is 4.79 Å². The molecule has 5 N–H and O–H groups in total. The minimum absolute atomic E-state index is 0.231. The summed E-state index contributed by atoms with van der Waals surface area (Å²) in [7, 11) is 0. The third-order valence-corrected chi connectivity index (χ3v) is 4.88. The normalized spacial score (nSPS) is 11.1. The molecule has 4 amide bonds. The second kappa shape index (κ2) is 15.9. The summed E-state index contributed by atoms with van der Waals surface area (Å²) >= 11 is 0. The van der Waals surface area contributed by atoms with Crippen LogP contribution < -0.4 is 21.3 Å². The van der Waals surface area contributed by atoms with E-state index in [4.69, 9.17) is 9.90 Å². The van der Waals surface area contributed by atoms with Gasteiger partial charge in [0, 0.05) is 29.8 Å². The number of carboxylic acid groups (broad SMARTS) is 1. The maximum atomic E-state index is 12.5. The molecular weight excluding hydrogens is 549 g/mol. The molecule has 1 aromatic carbocycles. The Labute approximate surface area is 231 Å².